The Hall–Kier alpha value is -2.31. The van der Waals surface area contributed by atoms with Crippen LogP contribution in [0.25, 0.3) is 0 Å². The lowest BCUT2D eigenvalue weighted by Crippen LogP contribution is -2.15. The van der Waals surface area contributed by atoms with E-state index in [4.69, 9.17) is 5.11 Å². The molecule has 7 nitrogen and oxygen atoms in total. The molecule has 0 aliphatic rings. The predicted octanol–water partition coefficient (Wildman–Crippen LogP) is 1.42. The Morgan fingerprint density at radius 3 is 2.94 bits per heavy atom. The van der Waals surface area contributed by atoms with Crippen molar-refractivity contribution in [2.45, 2.75) is 6.92 Å². The number of carbonyl (C=O) groups excluding carboxylic acids is 1. The molecule has 0 aliphatic heterocycles. The van der Waals surface area contributed by atoms with E-state index in [2.05, 4.69) is 26.3 Å². The number of carboxylic acids is 1. The SMILES string of the molecule is C=CCOC(=O)Nc1onc(C)c1C(=O)O. The zero-order chi connectivity index (χ0) is 12.1. The zero-order valence-electron chi connectivity index (χ0n) is 8.52. The van der Waals surface area contributed by atoms with Crippen molar-refractivity contribution in [3.8, 4) is 0 Å². The van der Waals surface area contributed by atoms with Crippen molar-refractivity contribution in [1.82, 2.24) is 5.16 Å². The molecule has 0 saturated carbocycles. The third-order valence-corrected chi connectivity index (χ3v) is 1.62. The number of aryl methyl sites for hydroxylation is 1. The Morgan fingerprint density at radius 2 is 2.38 bits per heavy atom. The molecular formula is C9H10N2O5. The lowest BCUT2D eigenvalue weighted by Gasteiger charge is -2.01. The molecule has 0 spiro atoms. The van der Waals surface area contributed by atoms with Gasteiger partial charge in [0, 0.05) is 0 Å². The molecule has 0 radical (unpaired) electrons. The Kier molecular flexibility index (Phi) is 3.65. The van der Waals surface area contributed by atoms with Crippen LogP contribution in [-0.2, 0) is 4.74 Å². The number of carboxylic acid groups (broad SMARTS) is 1. The van der Waals surface area contributed by atoms with Crippen LogP contribution < -0.4 is 5.32 Å². The van der Waals surface area contributed by atoms with E-state index in [-0.39, 0.29) is 23.7 Å². The molecule has 86 valence electrons. The molecule has 0 saturated heterocycles. The van der Waals surface area contributed by atoms with E-state index in [0.717, 1.165) is 0 Å². The summed E-state index contributed by atoms with van der Waals surface area (Å²) in [6.07, 6.45) is 0.544. The number of carbonyl (C=O) groups is 2. The number of rotatable bonds is 4. The second kappa shape index (κ2) is 4.96. The average molecular weight is 226 g/mol. The van der Waals surface area contributed by atoms with Crippen molar-refractivity contribution in [3.63, 3.8) is 0 Å². The van der Waals surface area contributed by atoms with E-state index in [1.807, 2.05) is 0 Å². The van der Waals surface area contributed by atoms with E-state index in [1.165, 1.54) is 13.0 Å². The quantitative estimate of drug-likeness (QED) is 0.752. The number of aromatic nitrogens is 1. The number of hydrogen-bond donors (Lipinski definition) is 2. The normalized spacial score (nSPS) is 9.56. The van der Waals surface area contributed by atoms with E-state index < -0.39 is 12.1 Å². The Labute approximate surface area is 90.7 Å². The molecule has 1 aromatic heterocycles. The predicted molar refractivity (Wildman–Crippen MR) is 53.4 cm³/mol. The number of nitrogens with one attached hydrogen (secondary N) is 1. The smallest absolute Gasteiger partial charge is 0.414 e. The summed E-state index contributed by atoms with van der Waals surface area (Å²) in [5.74, 6) is -1.49. The first kappa shape index (κ1) is 11.8. The third-order valence-electron chi connectivity index (χ3n) is 1.62. The second-order valence-electron chi connectivity index (χ2n) is 2.79. The van der Waals surface area contributed by atoms with Gasteiger partial charge in [-0.15, -0.1) is 0 Å². The number of anilines is 1. The minimum atomic E-state index is -1.24. The molecule has 2 N–H and O–H groups in total. The lowest BCUT2D eigenvalue weighted by atomic mass is 10.2. The zero-order valence-corrected chi connectivity index (χ0v) is 8.52. The van der Waals surface area contributed by atoms with E-state index in [1.54, 1.807) is 0 Å². The fourth-order valence-corrected chi connectivity index (χ4v) is 0.970. The summed E-state index contributed by atoms with van der Waals surface area (Å²) in [5, 5.41) is 14.4. The van der Waals surface area contributed by atoms with Gasteiger partial charge in [-0.3, -0.25) is 5.32 Å². The van der Waals surface area contributed by atoms with Gasteiger partial charge in [0.15, 0.2) is 0 Å². The lowest BCUT2D eigenvalue weighted by molar-refractivity contribution is 0.0697. The van der Waals surface area contributed by atoms with Gasteiger partial charge in [-0.05, 0) is 6.92 Å². The average Bonchev–Trinajstić information content (AvgIpc) is 2.56. The summed E-state index contributed by atoms with van der Waals surface area (Å²) in [4.78, 5) is 21.9. The monoisotopic (exact) mass is 226 g/mol. The van der Waals surface area contributed by atoms with Crippen LogP contribution in [0.5, 0.6) is 0 Å². The maximum Gasteiger partial charge on any atom is 0.414 e. The van der Waals surface area contributed by atoms with Gasteiger partial charge in [-0.25, -0.2) is 9.59 Å². The highest BCUT2D eigenvalue weighted by Crippen LogP contribution is 2.18. The molecule has 1 aromatic rings. The van der Waals surface area contributed by atoms with Gasteiger partial charge >= 0.3 is 12.1 Å². The van der Waals surface area contributed by atoms with Crippen LogP contribution in [-0.4, -0.2) is 28.9 Å². The number of aromatic carboxylic acids is 1. The molecule has 0 aliphatic carbocycles. The van der Waals surface area contributed by atoms with Gasteiger partial charge in [0.1, 0.15) is 12.2 Å². The minimum Gasteiger partial charge on any atom is -0.477 e. The van der Waals surface area contributed by atoms with Crippen LogP contribution in [0.2, 0.25) is 0 Å². The van der Waals surface area contributed by atoms with Crippen LogP contribution in [0.4, 0.5) is 10.7 Å². The topological polar surface area (TPSA) is 102 Å². The van der Waals surface area contributed by atoms with Crippen LogP contribution in [0.1, 0.15) is 16.1 Å². The molecular weight excluding hydrogens is 216 g/mol. The number of hydrogen-bond acceptors (Lipinski definition) is 5. The molecule has 0 bridgehead atoms. The van der Waals surface area contributed by atoms with Gasteiger partial charge in [0.25, 0.3) is 0 Å². The number of nitrogens with zero attached hydrogens (tertiary/aromatic N) is 1. The molecule has 1 rings (SSSR count). The van der Waals surface area contributed by atoms with Gasteiger partial charge in [-0.1, -0.05) is 17.8 Å². The van der Waals surface area contributed by atoms with E-state index in [0.29, 0.717) is 0 Å². The van der Waals surface area contributed by atoms with Crippen molar-refractivity contribution in [3.05, 3.63) is 23.9 Å². The summed E-state index contributed by atoms with van der Waals surface area (Å²) < 4.78 is 9.23. The molecule has 0 atom stereocenters. The van der Waals surface area contributed by atoms with Crippen LogP contribution >= 0.6 is 0 Å². The van der Waals surface area contributed by atoms with Gasteiger partial charge < -0.3 is 14.4 Å². The van der Waals surface area contributed by atoms with Crippen LogP contribution in [0.3, 0.4) is 0 Å². The molecule has 0 unspecified atom stereocenters. The standard InChI is InChI=1S/C9H10N2O5/c1-3-4-15-9(14)10-7-6(8(12)13)5(2)11-16-7/h3H,1,4H2,2H3,(H,10,14)(H,12,13). The summed E-state index contributed by atoms with van der Waals surface area (Å²) in [5.41, 5.74) is -0.0259. The van der Waals surface area contributed by atoms with Gasteiger partial charge in [0.2, 0.25) is 5.88 Å². The summed E-state index contributed by atoms with van der Waals surface area (Å²) in [7, 11) is 0. The molecule has 7 heteroatoms. The molecule has 1 heterocycles. The van der Waals surface area contributed by atoms with Crippen LogP contribution in [0.15, 0.2) is 17.2 Å². The number of ether oxygens (including phenoxy) is 1. The van der Waals surface area contributed by atoms with Crippen LogP contribution in [0, 0.1) is 6.92 Å². The first-order valence-corrected chi connectivity index (χ1v) is 4.30. The number of amides is 1. The highest BCUT2D eigenvalue weighted by atomic mass is 16.6. The fraction of sp³-hybridized carbons (Fsp3) is 0.222. The van der Waals surface area contributed by atoms with Crippen molar-refractivity contribution >= 4 is 17.9 Å². The Morgan fingerprint density at radius 1 is 1.69 bits per heavy atom. The Balaban J connectivity index is 2.77. The molecule has 0 aromatic carbocycles. The van der Waals surface area contributed by atoms with Crippen molar-refractivity contribution in [1.29, 1.82) is 0 Å². The molecule has 1 amide bonds. The Bertz CT molecular complexity index is 424. The summed E-state index contributed by atoms with van der Waals surface area (Å²) >= 11 is 0. The third kappa shape index (κ3) is 2.59. The molecule has 16 heavy (non-hydrogen) atoms. The first-order chi connectivity index (χ1) is 7.56. The van der Waals surface area contributed by atoms with E-state index in [9.17, 15) is 9.59 Å². The van der Waals surface area contributed by atoms with Crippen molar-refractivity contribution in [2.75, 3.05) is 11.9 Å². The van der Waals surface area contributed by atoms with E-state index >= 15 is 0 Å². The highest BCUT2D eigenvalue weighted by Gasteiger charge is 2.21. The fourth-order valence-electron chi connectivity index (χ4n) is 0.970. The molecule has 0 fully saturated rings. The maximum atomic E-state index is 11.1. The first-order valence-electron chi connectivity index (χ1n) is 4.30. The van der Waals surface area contributed by atoms with Crippen molar-refractivity contribution in [2.24, 2.45) is 0 Å². The highest BCUT2D eigenvalue weighted by molar-refractivity contribution is 5.97. The van der Waals surface area contributed by atoms with Gasteiger partial charge in [-0.2, -0.15) is 0 Å². The largest absolute Gasteiger partial charge is 0.477 e. The second-order valence-corrected chi connectivity index (χ2v) is 2.79. The van der Waals surface area contributed by atoms with Gasteiger partial charge in [0.05, 0.1) is 5.69 Å². The summed E-state index contributed by atoms with van der Waals surface area (Å²) in [6.45, 7) is 4.82. The minimum absolute atomic E-state index is 0.0152. The van der Waals surface area contributed by atoms with Crippen molar-refractivity contribution < 1.29 is 24.0 Å². The summed E-state index contributed by atoms with van der Waals surface area (Å²) in [6, 6.07) is 0. The maximum absolute atomic E-state index is 11.1.